The average Bonchev–Trinajstić information content (AvgIpc) is 2.79. The molecular formula is C22H32IN3O5. The van der Waals surface area contributed by atoms with Gasteiger partial charge in [-0.05, 0) is 36.8 Å². The van der Waals surface area contributed by atoms with E-state index in [9.17, 15) is 0 Å². The minimum atomic E-state index is -0.0497. The minimum Gasteiger partial charge on any atom is -0.497 e. The van der Waals surface area contributed by atoms with Crippen LogP contribution in [0.25, 0.3) is 0 Å². The summed E-state index contributed by atoms with van der Waals surface area (Å²) in [4.78, 5) is 4.65. The molecule has 2 aromatic rings. The summed E-state index contributed by atoms with van der Waals surface area (Å²) in [6.07, 6.45) is 0. The van der Waals surface area contributed by atoms with Crippen molar-refractivity contribution in [3.63, 3.8) is 0 Å². The maximum absolute atomic E-state index is 8.92. The molecule has 0 fully saturated rings. The fourth-order valence-corrected chi connectivity index (χ4v) is 2.77. The van der Waals surface area contributed by atoms with Gasteiger partial charge in [0, 0.05) is 24.7 Å². The van der Waals surface area contributed by atoms with Gasteiger partial charge in [0.25, 0.3) is 0 Å². The molecule has 8 nitrogen and oxygen atoms in total. The van der Waals surface area contributed by atoms with Crippen molar-refractivity contribution in [2.75, 3.05) is 41.1 Å². The van der Waals surface area contributed by atoms with E-state index in [1.165, 1.54) is 0 Å². The van der Waals surface area contributed by atoms with Crippen molar-refractivity contribution in [2.24, 2.45) is 4.99 Å². The summed E-state index contributed by atoms with van der Waals surface area (Å²) in [6.45, 7) is 3.94. The summed E-state index contributed by atoms with van der Waals surface area (Å²) in [7, 11) is 4.85. The molecule has 0 saturated carbocycles. The number of guanidine groups is 1. The topological polar surface area (TPSA) is 93.6 Å². The number of ether oxygens (including phenoxy) is 4. The molecule has 9 heteroatoms. The van der Waals surface area contributed by atoms with Crippen molar-refractivity contribution in [1.29, 1.82) is 0 Å². The van der Waals surface area contributed by atoms with Crippen LogP contribution in [0, 0.1) is 0 Å². The number of nitrogens with zero attached hydrogens (tertiary/aromatic N) is 1. The average molecular weight is 545 g/mol. The lowest BCUT2D eigenvalue weighted by atomic mass is 10.2. The number of aliphatic imine (C=N–C) groups is 1. The van der Waals surface area contributed by atoms with E-state index < -0.39 is 0 Å². The number of halogens is 1. The fraction of sp³-hybridized carbons (Fsp3) is 0.409. The Labute approximate surface area is 201 Å². The molecule has 0 saturated heterocycles. The Morgan fingerprint density at radius 1 is 0.935 bits per heavy atom. The Morgan fingerprint density at radius 2 is 1.71 bits per heavy atom. The summed E-state index contributed by atoms with van der Waals surface area (Å²) < 4.78 is 21.5. The third-order valence-corrected chi connectivity index (χ3v) is 4.28. The number of methoxy groups -OCH3 is 3. The van der Waals surface area contributed by atoms with E-state index in [1.54, 1.807) is 21.3 Å². The van der Waals surface area contributed by atoms with Gasteiger partial charge in [0.1, 0.15) is 18.1 Å². The third-order valence-electron chi connectivity index (χ3n) is 4.28. The molecule has 0 aromatic heterocycles. The third kappa shape index (κ3) is 8.33. The van der Waals surface area contributed by atoms with E-state index >= 15 is 0 Å². The van der Waals surface area contributed by atoms with Crippen LogP contribution >= 0.6 is 24.0 Å². The van der Waals surface area contributed by atoms with Gasteiger partial charge in [0.2, 0.25) is 0 Å². The lowest BCUT2D eigenvalue weighted by molar-refractivity contribution is 0.196. The van der Waals surface area contributed by atoms with Gasteiger partial charge in [-0.2, -0.15) is 0 Å². The molecule has 0 radical (unpaired) electrons. The molecule has 172 valence electrons. The molecule has 0 unspecified atom stereocenters. The lowest BCUT2D eigenvalue weighted by Crippen LogP contribution is -2.36. The number of nitrogens with one attached hydrogen (secondary N) is 2. The number of aliphatic hydroxyl groups excluding tert-OH is 1. The van der Waals surface area contributed by atoms with Gasteiger partial charge in [-0.25, -0.2) is 4.99 Å². The van der Waals surface area contributed by atoms with Crippen LogP contribution in [0.4, 0.5) is 0 Å². The maximum atomic E-state index is 8.92. The van der Waals surface area contributed by atoms with Gasteiger partial charge in [-0.3, -0.25) is 0 Å². The van der Waals surface area contributed by atoms with Crippen LogP contribution in [0.2, 0.25) is 0 Å². The van der Waals surface area contributed by atoms with Crippen molar-refractivity contribution >= 4 is 29.9 Å². The van der Waals surface area contributed by atoms with Crippen LogP contribution in [-0.4, -0.2) is 52.2 Å². The molecule has 2 rings (SSSR count). The summed E-state index contributed by atoms with van der Waals surface area (Å²) in [5.74, 6) is 3.39. The van der Waals surface area contributed by atoms with Gasteiger partial charge in [0.15, 0.2) is 17.5 Å². The second-order valence-electron chi connectivity index (χ2n) is 6.28. The van der Waals surface area contributed by atoms with Crippen molar-refractivity contribution < 1.29 is 24.1 Å². The first-order valence-corrected chi connectivity index (χ1v) is 9.78. The normalized spacial score (nSPS) is 10.7. The highest BCUT2D eigenvalue weighted by Gasteiger charge is 2.08. The standard InChI is InChI=1S/C22H31N3O5.HI/c1-5-23-22(25-15-17-7-8-18(27-2)13-20(17)28-3)24-14-16-6-9-19(30-11-10-26)21(12-16)29-4;/h6-9,12-13,26H,5,10-11,14-15H2,1-4H3,(H2,23,24,25);1H. The summed E-state index contributed by atoms with van der Waals surface area (Å²) in [6, 6.07) is 11.3. The van der Waals surface area contributed by atoms with E-state index in [1.807, 2.05) is 43.3 Å². The highest BCUT2D eigenvalue weighted by atomic mass is 127. The summed E-state index contributed by atoms with van der Waals surface area (Å²) in [5.41, 5.74) is 1.97. The predicted octanol–water partition coefficient (Wildman–Crippen LogP) is 2.96. The molecule has 0 aliphatic carbocycles. The molecule has 0 spiro atoms. The number of rotatable bonds is 11. The Bertz CT molecular complexity index is 833. The zero-order valence-corrected chi connectivity index (χ0v) is 20.8. The van der Waals surface area contributed by atoms with Crippen molar-refractivity contribution in [3.8, 4) is 23.0 Å². The maximum Gasteiger partial charge on any atom is 0.191 e. The van der Waals surface area contributed by atoms with E-state index in [2.05, 4.69) is 15.6 Å². The van der Waals surface area contributed by atoms with Gasteiger partial charge < -0.3 is 34.7 Å². The molecule has 0 amide bonds. The SMILES string of the molecule is CCNC(=NCc1ccc(OCCO)c(OC)c1)NCc1ccc(OC)cc1OC.I. The monoisotopic (exact) mass is 545 g/mol. The zero-order valence-electron chi connectivity index (χ0n) is 18.4. The van der Waals surface area contributed by atoms with Crippen LogP contribution in [0.5, 0.6) is 23.0 Å². The molecule has 0 bridgehead atoms. The Hall–Kier alpha value is -2.40. The lowest BCUT2D eigenvalue weighted by Gasteiger charge is -2.14. The molecular weight excluding hydrogens is 513 g/mol. The van der Waals surface area contributed by atoms with Crippen LogP contribution in [0.1, 0.15) is 18.1 Å². The van der Waals surface area contributed by atoms with Crippen molar-refractivity contribution in [3.05, 3.63) is 47.5 Å². The molecule has 3 N–H and O–H groups in total. The summed E-state index contributed by atoms with van der Waals surface area (Å²) in [5, 5.41) is 15.5. The molecule has 0 aliphatic rings. The van der Waals surface area contributed by atoms with Crippen LogP contribution in [0.3, 0.4) is 0 Å². The minimum absolute atomic E-state index is 0. The molecule has 31 heavy (non-hydrogen) atoms. The Kier molecular flexibility index (Phi) is 12.5. The Morgan fingerprint density at radius 3 is 2.35 bits per heavy atom. The molecule has 0 aliphatic heterocycles. The first-order chi connectivity index (χ1) is 14.6. The van der Waals surface area contributed by atoms with Crippen LogP contribution < -0.4 is 29.6 Å². The first kappa shape index (κ1) is 26.6. The molecule has 2 aromatic carbocycles. The fourth-order valence-electron chi connectivity index (χ4n) is 2.77. The quantitative estimate of drug-likeness (QED) is 0.227. The van der Waals surface area contributed by atoms with Crippen molar-refractivity contribution in [2.45, 2.75) is 20.0 Å². The van der Waals surface area contributed by atoms with E-state index in [4.69, 9.17) is 24.1 Å². The summed E-state index contributed by atoms with van der Waals surface area (Å²) >= 11 is 0. The number of aliphatic hydroxyl groups is 1. The van der Waals surface area contributed by atoms with Crippen LogP contribution in [0.15, 0.2) is 41.4 Å². The largest absolute Gasteiger partial charge is 0.497 e. The smallest absolute Gasteiger partial charge is 0.191 e. The van der Waals surface area contributed by atoms with E-state index in [0.29, 0.717) is 30.5 Å². The Balaban J connectivity index is 0.00000480. The van der Waals surface area contributed by atoms with Crippen molar-refractivity contribution in [1.82, 2.24) is 10.6 Å². The van der Waals surface area contributed by atoms with Gasteiger partial charge in [-0.15, -0.1) is 24.0 Å². The highest BCUT2D eigenvalue weighted by Crippen LogP contribution is 2.28. The van der Waals surface area contributed by atoms with Gasteiger partial charge in [-0.1, -0.05) is 6.07 Å². The molecule has 0 heterocycles. The van der Waals surface area contributed by atoms with E-state index in [-0.39, 0.29) is 37.2 Å². The van der Waals surface area contributed by atoms with Gasteiger partial charge >= 0.3 is 0 Å². The van der Waals surface area contributed by atoms with Gasteiger partial charge in [0.05, 0.1) is 34.5 Å². The first-order valence-electron chi connectivity index (χ1n) is 9.78. The second kappa shape index (κ2) is 14.6. The predicted molar refractivity (Wildman–Crippen MR) is 132 cm³/mol. The number of hydrogen-bond donors (Lipinski definition) is 3. The number of benzene rings is 2. The number of hydrogen-bond acceptors (Lipinski definition) is 6. The molecule has 0 atom stereocenters. The second-order valence-corrected chi connectivity index (χ2v) is 6.28. The van der Waals surface area contributed by atoms with E-state index in [0.717, 1.165) is 29.2 Å². The van der Waals surface area contributed by atoms with Crippen LogP contribution in [-0.2, 0) is 13.1 Å². The zero-order chi connectivity index (χ0) is 21.8. The highest BCUT2D eigenvalue weighted by molar-refractivity contribution is 14.0.